The Morgan fingerprint density at radius 1 is 1.05 bits per heavy atom. The highest BCUT2D eigenvalue weighted by Crippen LogP contribution is 2.32. The number of anilines is 2. The van der Waals surface area contributed by atoms with Crippen molar-refractivity contribution in [1.29, 1.82) is 0 Å². The van der Waals surface area contributed by atoms with Gasteiger partial charge in [-0.2, -0.15) is 5.10 Å². The number of Topliss-reactive ketones (excluding diaryl/α,β-unsaturated/α-hetero) is 1. The Hall–Kier alpha value is -4.13. The van der Waals surface area contributed by atoms with Crippen molar-refractivity contribution >= 4 is 29.1 Å². The molecule has 4 aromatic rings. The third-order valence-electron chi connectivity index (χ3n) is 6.43. The van der Waals surface area contributed by atoms with Gasteiger partial charge >= 0.3 is 0 Å². The Bertz CT molecular complexity index is 1450. The number of aryl methyl sites for hydroxylation is 4. The molecule has 0 unspecified atom stereocenters. The highest BCUT2D eigenvalue weighted by molar-refractivity contribution is 6.00. The molecule has 7 heteroatoms. The number of benzene rings is 1. The molecule has 1 fully saturated rings. The van der Waals surface area contributed by atoms with Gasteiger partial charge in [0.2, 0.25) is 0 Å². The maximum Gasteiger partial charge on any atom is 0.161 e. The summed E-state index contributed by atoms with van der Waals surface area (Å²) in [4.78, 5) is 25.0. The van der Waals surface area contributed by atoms with Gasteiger partial charge in [-0.1, -0.05) is 6.07 Å². The maximum absolute atomic E-state index is 11.8. The lowest BCUT2D eigenvalue weighted by Crippen LogP contribution is -2.00. The molecule has 0 bridgehead atoms. The van der Waals surface area contributed by atoms with Crippen LogP contribution in [0, 0.1) is 33.6 Å². The molecule has 3 aromatic heterocycles. The van der Waals surface area contributed by atoms with E-state index < -0.39 is 0 Å². The van der Waals surface area contributed by atoms with Crippen LogP contribution in [0.2, 0.25) is 0 Å². The minimum absolute atomic E-state index is 0.0434. The van der Waals surface area contributed by atoms with E-state index in [0.29, 0.717) is 5.56 Å². The number of ketones is 1. The second-order valence-corrected chi connectivity index (χ2v) is 9.90. The standard InChI is InChI=1S/C16H19N3O.C15H17N3/c1-10-4-7-14(12(3)20)16(17-10)15-9-19(18-11(15)2)8-13-5-6-13;1-4-16-15-9-13(7-5-11(15)2)18-14-8-6-12(3)17-10-14/h4,7,9,13H,5-6,8H2,1-3H3;4-10,18H,1-3H3. The average molecular weight is 509 g/mol. The Balaban J connectivity index is 0.000000178. The fraction of sp³-hybridized carbons (Fsp3) is 0.323. The molecule has 0 radical (unpaired) electrons. The molecular formula is C31H36N6O. The van der Waals surface area contributed by atoms with Crippen LogP contribution >= 0.6 is 0 Å². The third kappa shape index (κ3) is 7.00. The third-order valence-corrected chi connectivity index (χ3v) is 6.43. The van der Waals surface area contributed by atoms with Gasteiger partial charge in [0.05, 0.1) is 29.0 Å². The number of carbonyl (C=O) groups is 1. The second-order valence-electron chi connectivity index (χ2n) is 9.90. The van der Waals surface area contributed by atoms with Crippen molar-refractivity contribution in [3.63, 3.8) is 0 Å². The highest BCUT2D eigenvalue weighted by Gasteiger charge is 2.23. The van der Waals surface area contributed by atoms with Crippen molar-refractivity contribution in [2.45, 2.75) is 60.9 Å². The summed E-state index contributed by atoms with van der Waals surface area (Å²) in [6.45, 7) is 12.4. The predicted molar refractivity (Wildman–Crippen MR) is 155 cm³/mol. The van der Waals surface area contributed by atoms with Gasteiger partial charge < -0.3 is 5.32 Å². The molecule has 5 rings (SSSR count). The van der Waals surface area contributed by atoms with Gasteiger partial charge in [-0.15, -0.1) is 0 Å². The predicted octanol–water partition coefficient (Wildman–Crippen LogP) is 7.34. The van der Waals surface area contributed by atoms with E-state index in [4.69, 9.17) is 0 Å². The molecule has 0 aliphatic heterocycles. The van der Waals surface area contributed by atoms with E-state index in [1.54, 1.807) is 13.1 Å². The van der Waals surface area contributed by atoms with E-state index in [1.807, 2.05) is 81.2 Å². The summed E-state index contributed by atoms with van der Waals surface area (Å²) < 4.78 is 2.00. The number of hydrogen-bond donors (Lipinski definition) is 1. The second kappa shape index (κ2) is 11.9. The molecule has 1 aliphatic carbocycles. The molecular weight excluding hydrogens is 472 g/mol. The Kier molecular flexibility index (Phi) is 8.46. The van der Waals surface area contributed by atoms with Gasteiger partial charge in [0.25, 0.3) is 0 Å². The lowest BCUT2D eigenvalue weighted by molar-refractivity contribution is 0.101. The molecule has 0 spiro atoms. The summed E-state index contributed by atoms with van der Waals surface area (Å²) in [6.07, 6.45) is 8.27. The smallest absolute Gasteiger partial charge is 0.161 e. The van der Waals surface area contributed by atoms with Gasteiger partial charge in [-0.3, -0.25) is 24.4 Å². The summed E-state index contributed by atoms with van der Waals surface area (Å²) >= 11 is 0. The number of nitrogens with zero attached hydrogens (tertiary/aromatic N) is 5. The SMILES string of the molecule is CC(=O)c1ccc(C)nc1-c1cn(CC2CC2)nc1C.CC=Nc1cc(Nc2ccc(C)nc2)ccc1C. The van der Waals surface area contributed by atoms with Gasteiger partial charge in [-0.05, 0) is 102 Å². The monoisotopic (exact) mass is 508 g/mol. The first-order valence-corrected chi connectivity index (χ1v) is 13.1. The van der Waals surface area contributed by atoms with Gasteiger partial charge in [0, 0.05) is 47.2 Å². The molecule has 0 saturated heterocycles. The van der Waals surface area contributed by atoms with E-state index in [0.717, 1.165) is 57.9 Å². The van der Waals surface area contributed by atoms with Crippen molar-refractivity contribution < 1.29 is 4.79 Å². The number of pyridine rings is 2. The molecule has 7 nitrogen and oxygen atoms in total. The number of aliphatic imine (C=N–C) groups is 1. The molecule has 1 saturated carbocycles. The molecule has 0 amide bonds. The van der Waals surface area contributed by atoms with Crippen LogP contribution in [0.25, 0.3) is 11.3 Å². The number of hydrogen-bond acceptors (Lipinski definition) is 6. The molecule has 0 atom stereocenters. The van der Waals surface area contributed by atoms with Gasteiger partial charge in [-0.25, -0.2) is 0 Å². The molecule has 38 heavy (non-hydrogen) atoms. The van der Waals surface area contributed by atoms with E-state index in [-0.39, 0.29) is 5.78 Å². The zero-order valence-corrected chi connectivity index (χ0v) is 23.1. The minimum Gasteiger partial charge on any atom is -0.354 e. The van der Waals surface area contributed by atoms with E-state index in [2.05, 4.69) is 38.4 Å². The first kappa shape index (κ1) is 26.9. The lowest BCUT2D eigenvalue weighted by Gasteiger charge is -2.08. The number of aromatic nitrogens is 4. The zero-order chi connectivity index (χ0) is 27.2. The molecule has 3 heterocycles. The topological polar surface area (TPSA) is 85.1 Å². The van der Waals surface area contributed by atoms with Crippen LogP contribution in [0.3, 0.4) is 0 Å². The van der Waals surface area contributed by atoms with E-state index in [9.17, 15) is 4.79 Å². The zero-order valence-electron chi connectivity index (χ0n) is 23.1. The summed E-state index contributed by atoms with van der Waals surface area (Å²) in [6, 6.07) is 13.9. The molecule has 1 N–H and O–H groups in total. The number of nitrogens with one attached hydrogen (secondary N) is 1. The lowest BCUT2D eigenvalue weighted by atomic mass is 10.0. The molecule has 1 aliphatic rings. The van der Waals surface area contributed by atoms with Crippen LogP contribution in [-0.2, 0) is 6.54 Å². The summed E-state index contributed by atoms with van der Waals surface area (Å²) in [5.41, 5.74) is 9.43. The van der Waals surface area contributed by atoms with Crippen LogP contribution in [-0.4, -0.2) is 31.7 Å². The largest absolute Gasteiger partial charge is 0.354 e. The van der Waals surface area contributed by atoms with Crippen molar-refractivity contribution in [2.75, 3.05) is 5.32 Å². The average Bonchev–Trinajstić information content (AvgIpc) is 3.62. The fourth-order valence-corrected chi connectivity index (χ4v) is 4.13. The van der Waals surface area contributed by atoms with Gasteiger partial charge in [0.15, 0.2) is 5.78 Å². The van der Waals surface area contributed by atoms with Crippen LogP contribution in [0.5, 0.6) is 0 Å². The van der Waals surface area contributed by atoms with Crippen molar-refractivity contribution in [3.05, 3.63) is 83.1 Å². The van der Waals surface area contributed by atoms with Gasteiger partial charge in [0.1, 0.15) is 0 Å². The summed E-state index contributed by atoms with van der Waals surface area (Å²) in [5, 5.41) is 7.88. The van der Waals surface area contributed by atoms with Crippen LogP contribution in [0.1, 0.15) is 59.7 Å². The molecule has 196 valence electrons. The van der Waals surface area contributed by atoms with Crippen LogP contribution in [0.15, 0.2) is 59.9 Å². The summed E-state index contributed by atoms with van der Waals surface area (Å²) in [7, 11) is 0. The highest BCUT2D eigenvalue weighted by atomic mass is 16.1. The molecule has 1 aromatic carbocycles. The van der Waals surface area contributed by atoms with Crippen LogP contribution < -0.4 is 5.32 Å². The Labute approximate surface area is 225 Å². The van der Waals surface area contributed by atoms with Crippen LogP contribution in [0.4, 0.5) is 17.1 Å². The van der Waals surface area contributed by atoms with Crippen molar-refractivity contribution in [1.82, 2.24) is 19.7 Å². The normalized spacial score (nSPS) is 12.8. The first-order valence-electron chi connectivity index (χ1n) is 13.1. The van der Waals surface area contributed by atoms with E-state index in [1.165, 1.54) is 18.4 Å². The van der Waals surface area contributed by atoms with Crippen molar-refractivity contribution in [2.24, 2.45) is 10.9 Å². The summed E-state index contributed by atoms with van der Waals surface area (Å²) in [5.74, 6) is 0.821. The quantitative estimate of drug-likeness (QED) is 0.208. The minimum atomic E-state index is 0.0434. The Morgan fingerprint density at radius 2 is 1.79 bits per heavy atom. The first-order chi connectivity index (χ1) is 18.2. The number of rotatable bonds is 7. The van der Waals surface area contributed by atoms with E-state index >= 15 is 0 Å². The van der Waals surface area contributed by atoms with Crippen molar-refractivity contribution in [3.8, 4) is 11.3 Å². The maximum atomic E-state index is 11.8. The fourth-order valence-electron chi connectivity index (χ4n) is 4.13. The number of carbonyl (C=O) groups excluding carboxylic acids is 1. The Morgan fingerprint density at radius 3 is 2.45 bits per heavy atom.